The van der Waals surface area contributed by atoms with E-state index in [1.807, 2.05) is 24.3 Å². The number of hydrogen-bond donors (Lipinski definition) is 2. The fourth-order valence-corrected chi connectivity index (χ4v) is 3.65. The summed E-state index contributed by atoms with van der Waals surface area (Å²) in [6, 6.07) is 16.6. The predicted octanol–water partition coefficient (Wildman–Crippen LogP) is 3.15. The lowest BCUT2D eigenvalue weighted by molar-refractivity contribution is 0.142. The zero-order chi connectivity index (χ0) is 16.5. The van der Waals surface area contributed by atoms with Gasteiger partial charge in [0.15, 0.2) is 0 Å². The number of carbonyl (C=O) groups excluding carboxylic acids is 1. The molecule has 2 aliphatic carbocycles. The second kappa shape index (κ2) is 6.29. The Balaban J connectivity index is 1.40. The molecule has 4 rings (SSSR count). The first-order valence-electron chi connectivity index (χ1n) is 8.47. The standard InChI is InChI=1S/C20H21NO3/c22-11-14-9-13(14)10-21-20(23)24-12-19-17-7-3-1-5-15(17)16-6-2-4-8-18(16)19/h1-8,13-14,19,22H,9-12H2,(H,21,23)/t13-,14-/m1/s1. The molecule has 0 spiro atoms. The van der Waals surface area contributed by atoms with Crippen molar-refractivity contribution in [1.82, 2.24) is 5.32 Å². The maximum Gasteiger partial charge on any atom is 0.407 e. The second-order valence-electron chi connectivity index (χ2n) is 6.64. The molecule has 124 valence electrons. The highest BCUT2D eigenvalue weighted by molar-refractivity contribution is 5.79. The average Bonchev–Trinajstić information content (AvgIpc) is 3.32. The molecule has 1 saturated carbocycles. The van der Waals surface area contributed by atoms with Crippen LogP contribution in [0.25, 0.3) is 11.1 Å². The normalized spacial score (nSPS) is 21.0. The third-order valence-electron chi connectivity index (χ3n) is 5.16. The van der Waals surface area contributed by atoms with E-state index in [1.54, 1.807) is 0 Å². The number of benzene rings is 2. The first kappa shape index (κ1) is 15.2. The Labute approximate surface area is 141 Å². The number of alkyl carbamates (subject to hydrolysis) is 1. The summed E-state index contributed by atoms with van der Waals surface area (Å²) >= 11 is 0. The van der Waals surface area contributed by atoms with E-state index in [1.165, 1.54) is 22.3 Å². The molecule has 1 amide bonds. The molecule has 4 nitrogen and oxygen atoms in total. The van der Waals surface area contributed by atoms with Gasteiger partial charge in [-0.1, -0.05) is 48.5 Å². The summed E-state index contributed by atoms with van der Waals surface area (Å²) in [6.45, 7) is 1.13. The minimum atomic E-state index is -0.375. The maximum atomic E-state index is 12.0. The van der Waals surface area contributed by atoms with Crippen molar-refractivity contribution in [1.29, 1.82) is 0 Å². The highest BCUT2D eigenvalue weighted by Gasteiger charge is 2.36. The molecule has 0 aromatic heterocycles. The van der Waals surface area contributed by atoms with Crippen LogP contribution in [0.2, 0.25) is 0 Å². The van der Waals surface area contributed by atoms with Crippen LogP contribution >= 0.6 is 0 Å². The van der Waals surface area contributed by atoms with Crippen LogP contribution in [0.1, 0.15) is 23.5 Å². The molecule has 24 heavy (non-hydrogen) atoms. The van der Waals surface area contributed by atoms with Gasteiger partial charge in [-0.2, -0.15) is 0 Å². The minimum Gasteiger partial charge on any atom is -0.449 e. The Morgan fingerprint density at radius 1 is 1.04 bits per heavy atom. The molecule has 2 aliphatic rings. The molecule has 4 heteroatoms. The molecule has 0 heterocycles. The molecule has 2 aromatic rings. The van der Waals surface area contributed by atoms with Gasteiger partial charge in [0.25, 0.3) is 0 Å². The van der Waals surface area contributed by atoms with E-state index >= 15 is 0 Å². The summed E-state index contributed by atoms with van der Waals surface area (Å²) in [6.07, 6.45) is 0.612. The van der Waals surface area contributed by atoms with Crippen LogP contribution in [0.4, 0.5) is 4.79 Å². The zero-order valence-electron chi connectivity index (χ0n) is 13.4. The van der Waals surface area contributed by atoms with Gasteiger partial charge in [0, 0.05) is 19.1 Å². The van der Waals surface area contributed by atoms with Gasteiger partial charge in [-0.3, -0.25) is 0 Å². The number of amides is 1. The highest BCUT2D eigenvalue weighted by Crippen LogP contribution is 2.44. The number of aliphatic hydroxyl groups excluding tert-OH is 1. The molecule has 0 radical (unpaired) electrons. The van der Waals surface area contributed by atoms with Gasteiger partial charge >= 0.3 is 6.09 Å². The Kier molecular flexibility index (Phi) is 3.98. The van der Waals surface area contributed by atoms with Crippen LogP contribution in [-0.4, -0.2) is 31.0 Å². The molecule has 2 aromatic carbocycles. The second-order valence-corrected chi connectivity index (χ2v) is 6.64. The Hall–Kier alpha value is -2.33. The lowest BCUT2D eigenvalue weighted by atomic mass is 9.98. The van der Waals surface area contributed by atoms with E-state index < -0.39 is 0 Å². The molecule has 0 bridgehead atoms. The third-order valence-corrected chi connectivity index (χ3v) is 5.16. The van der Waals surface area contributed by atoms with Crippen LogP contribution in [0.3, 0.4) is 0 Å². The fraction of sp³-hybridized carbons (Fsp3) is 0.350. The maximum absolute atomic E-state index is 12.0. The van der Waals surface area contributed by atoms with E-state index in [-0.39, 0.29) is 18.6 Å². The minimum absolute atomic E-state index is 0.0919. The topological polar surface area (TPSA) is 58.6 Å². The van der Waals surface area contributed by atoms with Crippen LogP contribution in [0.15, 0.2) is 48.5 Å². The van der Waals surface area contributed by atoms with Crippen molar-refractivity contribution in [2.45, 2.75) is 12.3 Å². The third kappa shape index (κ3) is 2.78. The van der Waals surface area contributed by atoms with Crippen LogP contribution in [-0.2, 0) is 4.74 Å². The number of ether oxygens (including phenoxy) is 1. The van der Waals surface area contributed by atoms with Crippen LogP contribution in [0, 0.1) is 11.8 Å². The number of aliphatic hydroxyl groups is 1. The van der Waals surface area contributed by atoms with Crippen molar-refractivity contribution in [3.05, 3.63) is 59.7 Å². The molecule has 0 unspecified atom stereocenters. The Morgan fingerprint density at radius 3 is 2.25 bits per heavy atom. The van der Waals surface area contributed by atoms with Gasteiger partial charge in [-0.25, -0.2) is 4.79 Å². The number of nitrogens with one attached hydrogen (secondary N) is 1. The van der Waals surface area contributed by atoms with Crippen molar-refractivity contribution in [2.24, 2.45) is 11.8 Å². The van der Waals surface area contributed by atoms with Crippen molar-refractivity contribution >= 4 is 6.09 Å². The molecule has 1 fully saturated rings. The van der Waals surface area contributed by atoms with Gasteiger partial charge in [0.1, 0.15) is 6.61 Å². The summed E-state index contributed by atoms with van der Waals surface area (Å²) in [5.41, 5.74) is 4.89. The van der Waals surface area contributed by atoms with E-state index in [0.717, 1.165) is 6.42 Å². The fourth-order valence-electron chi connectivity index (χ4n) is 3.65. The van der Waals surface area contributed by atoms with Crippen molar-refractivity contribution in [2.75, 3.05) is 19.8 Å². The summed E-state index contributed by atoms with van der Waals surface area (Å²) in [5, 5.41) is 11.8. The van der Waals surface area contributed by atoms with Crippen molar-refractivity contribution in [3.8, 4) is 11.1 Å². The molecule has 0 aliphatic heterocycles. The van der Waals surface area contributed by atoms with Crippen molar-refractivity contribution < 1.29 is 14.6 Å². The first-order valence-corrected chi connectivity index (χ1v) is 8.47. The Morgan fingerprint density at radius 2 is 1.67 bits per heavy atom. The van der Waals surface area contributed by atoms with Gasteiger partial charge in [-0.05, 0) is 40.5 Å². The summed E-state index contributed by atoms with van der Waals surface area (Å²) in [4.78, 5) is 12.0. The largest absolute Gasteiger partial charge is 0.449 e. The average molecular weight is 323 g/mol. The van der Waals surface area contributed by atoms with E-state index in [4.69, 9.17) is 9.84 Å². The highest BCUT2D eigenvalue weighted by atomic mass is 16.5. The molecule has 2 atom stereocenters. The quantitative estimate of drug-likeness (QED) is 0.888. The van der Waals surface area contributed by atoms with Gasteiger partial charge < -0.3 is 15.2 Å². The predicted molar refractivity (Wildman–Crippen MR) is 91.8 cm³/mol. The lowest BCUT2D eigenvalue weighted by Crippen LogP contribution is -2.28. The van der Waals surface area contributed by atoms with E-state index in [2.05, 4.69) is 29.6 Å². The Bertz CT molecular complexity index is 713. The van der Waals surface area contributed by atoms with E-state index in [0.29, 0.717) is 25.0 Å². The smallest absolute Gasteiger partial charge is 0.407 e. The molecule has 0 saturated heterocycles. The summed E-state index contributed by atoms with van der Waals surface area (Å²) in [5.74, 6) is 0.837. The molecular formula is C20H21NO3. The van der Waals surface area contributed by atoms with Gasteiger partial charge in [-0.15, -0.1) is 0 Å². The molecule has 2 N–H and O–H groups in total. The SMILES string of the molecule is O=C(NC[C@H]1C[C@@H]1CO)OCC1c2ccccc2-c2ccccc21. The number of hydrogen-bond acceptors (Lipinski definition) is 3. The monoisotopic (exact) mass is 323 g/mol. The molecular weight excluding hydrogens is 302 g/mol. The van der Waals surface area contributed by atoms with E-state index in [9.17, 15) is 4.79 Å². The van der Waals surface area contributed by atoms with Gasteiger partial charge in [0.05, 0.1) is 0 Å². The lowest BCUT2D eigenvalue weighted by Gasteiger charge is -2.14. The number of rotatable bonds is 5. The zero-order valence-corrected chi connectivity index (χ0v) is 13.4. The van der Waals surface area contributed by atoms with Crippen molar-refractivity contribution in [3.63, 3.8) is 0 Å². The number of fused-ring (bicyclic) bond motifs is 3. The first-order chi connectivity index (χ1) is 11.8. The summed E-state index contributed by atoms with van der Waals surface area (Å²) < 4.78 is 5.47. The summed E-state index contributed by atoms with van der Waals surface area (Å²) in [7, 11) is 0. The number of carbonyl (C=O) groups is 1. The van der Waals surface area contributed by atoms with Crippen LogP contribution < -0.4 is 5.32 Å². The van der Waals surface area contributed by atoms with Crippen LogP contribution in [0.5, 0.6) is 0 Å². The van der Waals surface area contributed by atoms with Gasteiger partial charge in [0.2, 0.25) is 0 Å².